The number of aliphatic imine (C=N–C) groups is 1. The fourth-order valence-electron chi connectivity index (χ4n) is 2.87. The van der Waals surface area contributed by atoms with Gasteiger partial charge in [0, 0.05) is 23.8 Å². The molecule has 1 N–H and O–H groups in total. The zero-order valence-electron chi connectivity index (χ0n) is 11.5. The first-order chi connectivity index (χ1) is 10.3. The predicted octanol–water partition coefficient (Wildman–Crippen LogP) is 2.47. The van der Waals surface area contributed by atoms with E-state index in [0.29, 0.717) is 0 Å². The van der Waals surface area contributed by atoms with E-state index in [9.17, 15) is 4.79 Å². The molecule has 2 aliphatic heterocycles. The lowest BCUT2D eigenvalue weighted by Crippen LogP contribution is -2.36. The quantitative estimate of drug-likeness (QED) is 0.845. The van der Waals surface area contributed by atoms with Gasteiger partial charge in [-0.2, -0.15) is 0 Å². The van der Waals surface area contributed by atoms with Crippen molar-refractivity contribution in [2.45, 2.75) is 6.42 Å². The van der Waals surface area contributed by atoms with E-state index in [1.807, 2.05) is 36.4 Å². The van der Waals surface area contributed by atoms with Gasteiger partial charge in [-0.05, 0) is 18.6 Å². The van der Waals surface area contributed by atoms with Crippen molar-refractivity contribution in [2.75, 3.05) is 18.4 Å². The Bertz CT molecular complexity index is 740. The highest BCUT2D eigenvalue weighted by Crippen LogP contribution is 2.29. The summed E-state index contributed by atoms with van der Waals surface area (Å²) in [6.45, 7) is 1.58. The Balaban J connectivity index is 1.71. The number of amidine groups is 1. The van der Waals surface area contributed by atoms with Crippen molar-refractivity contribution in [2.24, 2.45) is 4.99 Å². The van der Waals surface area contributed by atoms with Crippen LogP contribution in [0.4, 0.5) is 5.69 Å². The molecule has 4 heteroatoms. The Morgan fingerprint density at radius 3 is 3.10 bits per heavy atom. The average Bonchev–Trinajstić information content (AvgIpc) is 3.19. The third-order valence-corrected chi connectivity index (χ3v) is 3.92. The van der Waals surface area contributed by atoms with Crippen molar-refractivity contribution in [3.05, 3.63) is 65.5 Å². The number of ketones is 1. The van der Waals surface area contributed by atoms with Crippen LogP contribution in [-0.4, -0.2) is 29.6 Å². The number of nitrogens with zero attached hydrogens (tertiary/aromatic N) is 2. The fraction of sp³-hybridized carbons (Fsp3) is 0.176. The van der Waals surface area contributed by atoms with E-state index < -0.39 is 0 Å². The molecule has 4 rings (SSSR count). The van der Waals surface area contributed by atoms with Gasteiger partial charge in [-0.1, -0.05) is 30.4 Å². The number of para-hydroxylation sites is 1. The molecule has 0 aromatic heterocycles. The maximum absolute atomic E-state index is 12.3. The third kappa shape index (κ3) is 2.00. The summed E-state index contributed by atoms with van der Waals surface area (Å²) < 4.78 is 0. The summed E-state index contributed by atoms with van der Waals surface area (Å²) in [7, 11) is 0. The van der Waals surface area contributed by atoms with Crippen molar-refractivity contribution in [1.82, 2.24) is 4.90 Å². The molecule has 0 unspecified atom stereocenters. The minimum atomic E-state index is 0.0631. The van der Waals surface area contributed by atoms with Crippen LogP contribution in [0.3, 0.4) is 0 Å². The molecule has 0 atom stereocenters. The lowest BCUT2D eigenvalue weighted by molar-refractivity contribution is -0.111. The number of anilines is 1. The molecular formula is C17H15N3O. The average molecular weight is 277 g/mol. The van der Waals surface area contributed by atoms with Gasteiger partial charge in [0.1, 0.15) is 11.7 Å². The number of rotatable bonds is 2. The van der Waals surface area contributed by atoms with E-state index in [1.54, 1.807) is 6.08 Å². The molecule has 104 valence electrons. The Morgan fingerprint density at radius 2 is 2.24 bits per heavy atom. The minimum Gasteiger partial charge on any atom is -0.341 e. The van der Waals surface area contributed by atoms with Gasteiger partial charge in [-0.15, -0.1) is 0 Å². The molecule has 0 fully saturated rings. The summed E-state index contributed by atoms with van der Waals surface area (Å²) in [6.07, 6.45) is 8.22. The monoisotopic (exact) mass is 277 g/mol. The van der Waals surface area contributed by atoms with Gasteiger partial charge in [0.25, 0.3) is 0 Å². The first-order valence-corrected chi connectivity index (χ1v) is 7.13. The number of nitrogens with one attached hydrogen (secondary N) is 1. The SMILES string of the molecule is O=C(C=C1Nc2ccccc2C2=NCCN12)C1=CC=CC1. The van der Waals surface area contributed by atoms with Crippen molar-refractivity contribution in [1.29, 1.82) is 0 Å². The molecule has 0 spiro atoms. The number of benzene rings is 1. The number of carbonyl (C=O) groups is 1. The summed E-state index contributed by atoms with van der Waals surface area (Å²) >= 11 is 0. The molecule has 3 aliphatic rings. The van der Waals surface area contributed by atoms with Gasteiger partial charge >= 0.3 is 0 Å². The summed E-state index contributed by atoms with van der Waals surface area (Å²) in [5.74, 6) is 1.85. The Kier molecular flexibility index (Phi) is 2.74. The Morgan fingerprint density at radius 1 is 1.33 bits per heavy atom. The van der Waals surface area contributed by atoms with Gasteiger partial charge in [-0.3, -0.25) is 9.79 Å². The molecular weight excluding hydrogens is 262 g/mol. The molecule has 21 heavy (non-hydrogen) atoms. The van der Waals surface area contributed by atoms with E-state index in [0.717, 1.165) is 48.0 Å². The van der Waals surface area contributed by atoms with Crippen LogP contribution in [0, 0.1) is 0 Å². The maximum Gasteiger partial charge on any atom is 0.185 e. The molecule has 0 saturated carbocycles. The summed E-state index contributed by atoms with van der Waals surface area (Å²) in [5.41, 5.74) is 2.94. The Hall–Kier alpha value is -2.62. The highest BCUT2D eigenvalue weighted by atomic mass is 16.1. The molecule has 0 saturated heterocycles. The number of fused-ring (bicyclic) bond motifs is 3. The van der Waals surface area contributed by atoms with Crippen molar-refractivity contribution in [3.63, 3.8) is 0 Å². The van der Waals surface area contributed by atoms with E-state index in [-0.39, 0.29) is 5.78 Å². The number of hydrogen-bond donors (Lipinski definition) is 1. The second kappa shape index (κ2) is 4.74. The van der Waals surface area contributed by atoms with Crippen molar-refractivity contribution < 1.29 is 4.79 Å². The fourth-order valence-corrected chi connectivity index (χ4v) is 2.87. The van der Waals surface area contributed by atoms with Crippen LogP contribution < -0.4 is 5.32 Å². The Labute approximate surface area is 123 Å². The van der Waals surface area contributed by atoms with E-state index in [2.05, 4.69) is 21.3 Å². The van der Waals surface area contributed by atoms with E-state index in [1.165, 1.54) is 0 Å². The molecule has 0 radical (unpaired) electrons. The van der Waals surface area contributed by atoms with Crippen molar-refractivity contribution in [3.8, 4) is 0 Å². The lowest BCUT2D eigenvalue weighted by atomic mass is 10.1. The summed E-state index contributed by atoms with van der Waals surface area (Å²) in [6, 6.07) is 8.07. The number of hydrogen-bond acceptors (Lipinski definition) is 4. The van der Waals surface area contributed by atoms with E-state index in [4.69, 9.17) is 0 Å². The van der Waals surface area contributed by atoms with Crippen LogP contribution >= 0.6 is 0 Å². The van der Waals surface area contributed by atoms with Crippen LogP contribution in [-0.2, 0) is 4.79 Å². The van der Waals surface area contributed by atoms with Crippen molar-refractivity contribution >= 4 is 17.3 Å². The first kappa shape index (κ1) is 12.1. The molecule has 1 aromatic rings. The highest BCUT2D eigenvalue weighted by molar-refractivity contribution is 6.10. The standard InChI is InChI=1S/C17H15N3O/c21-15(12-5-1-2-6-12)11-16-19-14-8-4-3-7-13(14)17-18-9-10-20(16)17/h1-5,7-8,11,19H,6,9-10H2. The smallest absolute Gasteiger partial charge is 0.185 e. The topological polar surface area (TPSA) is 44.7 Å². The maximum atomic E-state index is 12.3. The minimum absolute atomic E-state index is 0.0631. The second-order valence-electron chi connectivity index (χ2n) is 5.25. The molecule has 1 aromatic carbocycles. The first-order valence-electron chi connectivity index (χ1n) is 7.13. The van der Waals surface area contributed by atoms with Crippen LogP contribution in [0.15, 0.2) is 65.0 Å². The molecule has 4 nitrogen and oxygen atoms in total. The molecule has 0 amide bonds. The highest BCUT2D eigenvalue weighted by Gasteiger charge is 2.29. The van der Waals surface area contributed by atoms with Crippen LogP contribution in [0.1, 0.15) is 12.0 Å². The van der Waals surface area contributed by atoms with Gasteiger partial charge in [-0.25, -0.2) is 0 Å². The molecule has 2 heterocycles. The molecule has 0 bridgehead atoms. The van der Waals surface area contributed by atoms with Gasteiger partial charge in [0.05, 0.1) is 12.2 Å². The van der Waals surface area contributed by atoms with Gasteiger partial charge < -0.3 is 10.2 Å². The molecule has 1 aliphatic carbocycles. The van der Waals surface area contributed by atoms with Gasteiger partial charge in [0.2, 0.25) is 0 Å². The largest absolute Gasteiger partial charge is 0.341 e. The number of carbonyl (C=O) groups excluding carboxylic acids is 1. The van der Waals surface area contributed by atoms with Crippen LogP contribution in [0.25, 0.3) is 0 Å². The second-order valence-corrected chi connectivity index (χ2v) is 5.25. The number of allylic oxidation sites excluding steroid dienone is 5. The normalized spacial score (nSPS) is 20.8. The predicted molar refractivity (Wildman–Crippen MR) is 83.1 cm³/mol. The van der Waals surface area contributed by atoms with Crippen LogP contribution in [0.5, 0.6) is 0 Å². The van der Waals surface area contributed by atoms with E-state index >= 15 is 0 Å². The van der Waals surface area contributed by atoms with Gasteiger partial charge in [0.15, 0.2) is 5.78 Å². The lowest BCUT2D eigenvalue weighted by Gasteiger charge is -2.31. The summed E-state index contributed by atoms with van der Waals surface area (Å²) in [4.78, 5) is 19.0. The zero-order valence-corrected chi connectivity index (χ0v) is 11.5. The van der Waals surface area contributed by atoms with Crippen LogP contribution in [0.2, 0.25) is 0 Å². The summed E-state index contributed by atoms with van der Waals surface area (Å²) in [5, 5.41) is 3.36. The zero-order chi connectivity index (χ0) is 14.2. The third-order valence-electron chi connectivity index (χ3n) is 3.92.